The van der Waals surface area contributed by atoms with E-state index in [1.165, 1.54) is 23.8 Å². The van der Waals surface area contributed by atoms with Gasteiger partial charge in [0, 0.05) is 24.0 Å². The Kier molecular flexibility index (Phi) is 5.89. The molecular weight excluding hydrogens is 447 g/mol. The number of anilines is 1. The summed E-state index contributed by atoms with van der Waals surface area (Å²) in [5, 5.41) is 3.18. The van der Waals surface area contributed by atoms with Crippen LogP contribution in [0.25, 0.3) is 11.3 Å². The number of aryl methyl sites for hydroxylation is 1. The summed E-state index contributed by atoms with van der Waals surface area (Å²) in [4.78, 5) is 7.17. The molecule has 2 aromatic carbocycles. The Labute approximate surface area is 185 Å². The SMILES string of the molecule is Cc1ccc(-c2csc(N3CCC(S(=O)(=O)c4ccc(Cl)c(Cl)c4)CC3)n2)cc1. The first-order chi connectivity index (χ1) is 13.8. The van der Waals surface area contributed by atoms with Crippen LogP contribution in [0.15, 0.2) is 52.7 Å². The first-order valence-electron chi connectivity index (χ1n) is 9.31. The van der Waals surface area contributed by atoms with Crippen molar-refractivity contribution < 1.29 is 8.42 Å². The van der Waals surface area contributed by atoms with Crippen molar-refractivity contribution in [1.82, 2.24) is 4.98 Å². The van der Waals surface area contributed by atoms with E-state index >= 15 is 0 Å². The maximum Gasteiger partial charge on any atom is 0.185 e. The minimum atomic E-state index is -3.44. The summed E-state index contributed by atoms with van der Waals surface area (Å²) in [6, 6.07) is 12.8. The lowest BCUT2D eigenvalue weighted by Gasteiger charge is -2.31. The van der Waals surface area contributed by atoms with Crippen molar-refractivity contribution in [3.05, 3.63) is 63.5 Å². The van der Waals surface area contributed by atoms with E-state index < -0.39 is 15.1 Å². The molecule has 0 saturated carbocycles. The van der Waals surface area contributed by atoms with Crippen molar-refractivity contribution in [2.45, 2.75) is 29.9 Å². The Balaban J connectivity index is 1.45. The molecule has 4 nitrogen and oxygen atoms in total. The highest BCUT2D eigenvalue weighted by Gasteiger charge is 2.32. The highest BCUT2D eigenvalue weighted by atomic mass is 35.5. The molecule has 2 heterocycles. The van der Waals surface area contributed by atoms with Gasteiger partial charge in [-0.2, -0.15) is 0 Å². The first kappa shape index (κ1) is 20.7. The van der Waals surface area contributed by atoms with Crippen molar-refractivity contribution in [3.8, 4) is 11.3 Å². The summed E-state index contributed by atoms with van der Waals surface area (Å²) in [7, 11) is -3.44. The van der Waals surface area contributed by atoms with Crippen LogP contribution in [-0.2, 0) is 9.84 Å². The highest BCUT2D eigenvalue weighted by Crippen LogP contribution is 2.33. The fourth-order valence-corrected chi connectivity index (χ4v) is 6.48. The minimum Gasteiger partial charge on any atom is -0.348 e. The zero-order valence-corrected chi connectivity index (χ0v) is 19.0. The van der Waals surface area contributed by atoms with E-state index in [2.05, 4.69) is 41.5 Å². The van der Waals surface area contributed by atoms with Gasteiger partial charge in [0.2, 0.25) is 0 Å². The van der Waals surface area contributed by atoms with Crippen molar-refractivity contribution in [1.29, 1.82) is 0 Å². The molecular formula is C21H20Cl2N2O2S2. The Morgan fingerprint density at radius 3 is 2.38 bits per heavy atom. The Morgan fingerprint density at radius 1 is 1.03 bits per heavy atom. The molecule has 4 rings (SSSR count). The molecule has 1 aliphatic heterocycles. The Hall–Kier alpha value is -1.60. The molecule has 0 atom stereocenters. The van der Waals surface area contributed by atoms with Gasteiger partial charge in [0.05, 0.1) is 25.9 Å². The average Bonchev–Trinajstić information content (AvgIpc) is 3.21. The molecule has 0 spiro atoms. The molecule has 0 unspecified atom stereocenters. The molecule has 0 radical (unpaired) electrons. The number of aromatic nitrogens is 1. The number of thiazole rings is 1. The van der Waals surface area contributed by atoms with E-state index in [0.717, 1.165) is 16.4 Å². The van der Waals surface area contributed by atoms with Crippen LogP contribution in [0, 0.1) is 6.92 Å². The van der Waals surface area contributed by atoms with E-state index in [9.17, 15) is 8.42 Å². The zero-order chi connectivity index (χ0) is 20.6. The third-order valence-electron chi connectivity index (χ3n) is 5.21. The van der Waals surface area contributed by atoms with Gasteiger partial charge in [0.15, 0.2) is 15.0 Å². The highest BCUT2D eigenvalue weighted by molar-refractivity contribution is 7.92. The summed E-state index contributed by atoms with van der Waals surface area (Å²) in [6.45, 7) is 3.38. The van der Waals surface area contributed by atoms with E-state index in [-0.39, 0.29) is 9.92 Å². The van der Waals surface area contributed by atoms with Gasteiger partial charge < -0.3 is 4.90 Å². The van der Waals surface area contributed by atoms with Gasteiger partial charge in [-0.25, -0.2) is 13.4 Å². The monoisotopic (exact) mass is 466 g/mol. The van der Waals surface area contributed by atoms with Crippen molar-refractivity contribution in [2.75, 3.05) is 18.0 Å². The molecule has 152 valence electrons. The minimum absolute atomic E-state index is 0.237. The number of sulfone groups is 1. The zero-order valence-electron chi connectivity index (χ0n) is 15.8. The smallest absolute Gasteiger partial charge is 0.185 e. The van der Waals surface area contributed by atoms with Gasteiger partial charge in [-0.3, -0.25) is 0 Å². The average molecular weight is 467 g/mol. The number of piperidine rings is 1. The quantitative estimate of drug-likeness (QED) is 0.482. The summed E-state index contributed by atoms with van der Waals surface area (Å²) >= 11 is 13.5. The van der Waals surface area contributed by atoms with Crippen LogP contribution in [0.5, 0.6) is 0 Å². The summed E-state index contributed by atoms with van der Waals surface area (Å²) < 4.78 is 26.0. The predicted molar refractivity (Wildman–Crippen MR) is 121 cm³/mol. The van der Waals surface area contributed by atoms with Gasteiger partial charge in [0.1, 0.15) is 0 Å². The maximum absolute atomic E-state index is 13.0. The van der Waals surface area contributed by atoms with E-state index in [1.54, 1.807) is 11.3 Å². The molecule has 0 bridgehead atoms. The molecule has 29 heavy (non-hydrogen) atoms. The standard InChI is InChI=1S/C21H20Cl2N2O2S2/c1-14-2-4-15(5-3-14)20-13-28-21(24-20)25-10-8-16(9-11-25)29(26,27)17-6-7-18(22)19(23)12-17/h2-7,12-13,16H,8-11H2,1H3. The molecule has 1 aromatic heterocycles. The summed E-state index contributed by atoms with van der Waals surface area (Å²) in [6.07, 6.45) is 1.12. The summed E-state index contributed by atoms with van der Waals surface area (Å²) in [5.41, 5.74) is 3.26. The van der Waals surface area contributed by atoms with Gasteiger partial charge in [-0.05, 0) is 38.0 Å². The molecule has 1 aliphatic rings. The normalized spacial score (nSPS) is 15.6. The van der Waals surface area contributed by atoms with Gasteiger partial charge >= 0.3 is 0 Å². The van der Waals surface area contributed by atoms with E-state index in [1.807, 2.05) is 0 Å². The van der Waals surface area contributed by atoms with Crippen LogP contribution in [0.1, 0.15) is 18.4 Å². The van der Waals surface area contributed by atoms with Crippen molar-refractivity contribution in [3.63, 3.8) is 0 Å². The van der Waals surface area contributed by atoms with Crippen LogP contribution in [0.4, 0.5) is 5.13 Å². The largest absolute Gasteiger partial charge is 0.348 e. The molecule has 0 amide bonds. The van der Waals surface area contributed by atoms with Crippen LogP contribution in [-0.4, -0.2) is 31.7 Å². The van der Waals surface area contributed by atoms with Crippen LogP contribution in [0.3, 0.4) is 0 Å². The lowest BCUT2D eigenvalue weighted by Crippen LogP contribution is -2.39. The lowest BCUT2D eigenvalue weighted by atomic mass is 10.1. The molecule has 1 saturated heterocycles. The molecule has 8 heteroatoms. The number of rotatable bonds is 4. The van der Waals surface area contributed by atoms with Crippen molar-refractivity contribution >= 4 is 49.5 Å². The number of hydrogen-bond donors (Lipinski definition) is 0. The van der Waals surface area contributed by atoms with Gasteiger partial charge in [-0.1, -0.05) is 53.0 Å². The second kappa shape index (κ2) is 8.26. The van der Waals surface area contributed by atoms with Crippen LogP contribution >= 0.6 is 34.5 Å². The van der Waals surface area contributed by atoms with E-state index in [4.69, 9.17) is 28.2 Å². The number of nitrogens with zero attached hydrogens (tertiary/aromatic N) is 2. The molecule has 1 fully saturated rings. The second-order valence-corrected chi connectivity index (χ2v) is 11.1. The molecule has 0 N–H and O–H groups in total. The lowest BCUT2D eigenvalue weighted by molar-refractivity contribution is 0.529. The third kappa shape index (κ3) is 4.31. The maximum atomic E-state index is 13.0. The van der Waals surface area contributed by atoms with Gasteiger partial charge in [-0.15, -0.1) is 11.3 Å². The first-order valence-corrected chi connectivity index (χ1v) is 12.5. The van der Waals surface area contributed by atoms with E-state index in [0.29, 0.717) is 31.0 Å². The fraction of sp³-hybridized carbons (Fsp3) is 0.286. The Bertz CT molecular complexity index is 1120. The molecule has 3 aromatic rings. The molecule has 0 aliphatic carbocycles. The number of halogens is 2. The van der Waals surface area contributed by atoms with Crippen molar-refractivity contribution in [2.24, 2.45) is 0 Å². The predicted octanol–water partition coefficient (Wildman–Crippen LogP) is 5.87. The fourth-order valence-electron chi connectivity index (χ4n) is 3.47. The number of benzene rings is 2. The summed E-state index contributed by atoms with van der Waals surface area (Å²) in [5.74, 6) is 0. The second-order valence-electron chi connectivity index (χ2n) is 7.19. The number of hydrogen-bond acceptors (Lipinski definition) is 5. The van der Waals surface area contributed by atoms with Crippen LogP contribution in [0.2, 0.25) is 10.0 Å². The third-order valence-corrected chi connectivity index (χ3v) is 9.11. The van der Waals surface area contributed by atoms with Crippen LogP contribution < -0.4 is 4.90 Å². The van der Waals surface area contributed by atoms with Gasteiger partial charge in [0.25, 0.3) is 0 Å². The Morgan fingerprint density at radius 2 is 1.72 bits per heavy atom. The topological polar surface area (TPSA) is 50.3 Å².